The van der Waals surface area contributed by atoms with E-state index in [2.05, 4.69) is 0 Å². The van der Waals surface area contributed by atoms with E-state index in [9.17, 15) is 4.79 Å². The third-order valence-electron chi connectivity index (χ3n) is 3.99. The summed E-state index contributed by atoms with van der Waals surface area (Å²) in [5.74, 6) is 2.61. The Morgan fingerprint density at radius 1 is 1.23 bits per heavy atom. The van der Waals surface area contributed by atoms with Crippen LogP contribution in [0.3, 0.4) is 0 Å². The van der Waals surface area contributed by atoms with Crippen molar-refractivity contribution in [1.82, 2.24) is 4.90 Å². The molecule has 0 bridgehead atoms. The number of hydrogen-bond acceptors (Lipinski definition) is 5. The zero-order chi connectivity index (χ0) is 15.4. The lowest BCUT2D eigenvalue weighted by atomic mass is 10.1. The van der Waals surface area contributed by atoms with Gasteiger partial charge >= 0.3 is 0 Å². The van der Waals surface area contributed by atoms with E-state index in [4.69, 9.17) is 15.2 Å². The Bertz CT molecular complexity index is 530. The van der Waals surface area contributed by atoms with Crippen LogP contribution in [0.2, 0.25) is 0 Å². The highest BCUT2D eigenvalue weighted by atomic mass is 32.2. The number of rotatable bonds is 4. The second-order valence-electron chi connectivity index (χ2n) is 5.62. The molecule has 1 saturated heterocycles. The molecule has 120 valence electrons. The fraction of sp³-hybridized carbons (Fsp3) is 0.562. The second-order valence-corrected chi connectivity index (χ2v) is 6.79. The van der Waals surface area contributed by atoms with E-state index < -0.39 is 0 Å². The number of ether oxygens (including phenoxy) is 2. The summed E-state index contributed by atoms with van der Waals surface area (Å²) in [6.45, 7) is 2.80. The van der Waals surface area contributed by atoms with Crippen molar-refractivity contribution >= 4 is 17.7 Å². The van der Waals surface area contributed by atoms with Crippen LogP contribution in [0.4, 0.5) is 0 Å². The Morgan fingerprint density at radius 3 is 2.73 bits per heavy atom. The maximum atomic E-state index is 12.2. The molecule has 2 aliphatic rings. The van der Waals surface area contributed by atoms with Gasteiger partial charge in [0.2, 0.25) is 5.91 Å². The molecule has 2 heterocycles. The van der Waals surface area contributed by atoms with Crippen molar-refractivity contribution in [2.24, 2.45) is 5.73 Å². The number of amides is 1. The van der Waals surface area contributed by atoms with Gasteiger partial charge in [-0.05, 0) is 31.0 Å². The summed E-state index contributed by atoms with van der Waals surface area (Å²) in [7, 11) is 0. The van der Waals surface area contributed by atoms with Gasteiger partial charge in [0, 0.05) is 36.2 Å². The lowest BCUT2D eigenvalue weighted by Crippen LogP contribution is -2.42. The highest BCUT2D eigenvalue weighted by Crippen LogP contribution is 2.34. The molecule has 1 fully saturated rings. The first-order valence-electron chi connectivity index (χ1n) is 7.78. The van der Waals surface area contributed by atoms with E-state index in [0.717, 1.165) is 48.1 Å². The van der Waals surface area contributed by atoms with Crippen LogP contribution >= 0.6 is 11.8 Å². The summed E-state index contributed by atoms with van der Waals surface area (Å²) in [5, 5.41) is 0. The number of hydrogen-bond donors (Lipinski definition) is 1. The third kappa shape index (κ3) is 3.87. The minimum absolute atomic E-state index is 0.233. The molecule has 3 rings (SSSR count). The van der Waals surface area contributed by atoms with Crippen molar-refractivity contribution in [1.29, 1.82) is 0 Å². The molecular weight excluding hydrogens is 300 g/mol. The van der Waals surface area contributed by atoms with Gasteiger partial charge in [0.05, 0.1) is 0 Å². The first-order valence-corrected chi connectivity index (χ1v) is 8.77. The third-order valence-corrected chi connectivity index (χ3v) is 4.99. The number of carbonyl (C=O) groups is 1. The Labute approximate surface area is 135 Å². The van der Waals surface area contributed by atoms with Gasteiger partial charge in [-0.15, -0.1) is 11.8 Å². The van der Waals surface area contributed by atoms with Gasteiger partial charge in [0.15, 0.2) is 11.5 Å². The van der Waals surface area contributed by atoms with Crippen molar-refractivity contribution in [3.63, 3.8) is 0 Å². The van der Waals surface area contributed by atoms with E-state index in [-0.39, 0.29) is 11.9 Å². The van der Waals surface area contributed by atoms with Crippen molar-refractivity contribution in [3.8, 4) is 11.5 Å². The molecule has 0 aliphatic carbocycles. The Balaban J connectivity index is 1.45. The lowest BCUT2D eigenvalue weighted by molar-refractivity contribution is -0.131. The van der Waals surface area contributed by atoms with E-state index in [1.54, 1.807) is 11.8 Å². The van der Waals surface area contributed by atoms with Crippen LogP contribution in [0, 0.1) is 0 Å². The molecule has 0 aromatic heterocycles. The van der Waals surface area contributed by atoms with Crippen LogP contribution in [0.1, 0.15) is 19.3 Å². The van der Waals surface area contributed by atoms with Crippen LogP contribution in [-0.4, -0.2) is 48.9 Å². The molecule has 22 heavy (non-hydrogen) atoms. The lowest BCUT2D eigenvalue weighted by Gasteiger charge is -2.30. The zero-order valence-corrected chi connectivity index (χ0v) is 13.4. The Hall–Kier alpha value is -1.40. The van der Waals surface area contributed by atoms with Gasteiger partial charge in [-0.1, -0.05) is 0 Å². The van der Waals surface area contributed by atoms with Crippen molar-refractivity contribution < 1.29 is 14.3 Å². The topological polar surface area (TPSA) is 64.8 Å². The second kappa shape index (κ2) is 7.24. The maximum Gasteiger partial charge on any atom is 0.223 e. The molecule has 6 heteroatoms. The molecule has 1 aromatic rings. The molecule has 2 aliphatic heterocycles. The Morgan fingerprint density at radius 2 is 1.95 bits per heavy atom. The van der Waals surface area contributed by atoms with Gasteiger partial charge in [0.25, 0.3) is 0 Å². The van der Waals surface area contributed by atoms with Crippen molar-refractivity contribution in [2.75, 3.05) is 32.1 Å². The molecule has 1 amide bonds. The number of likely N-dealkylation sites (tertiary alicyclic amines) is 1. The molecule has 0 saturated carbocycles. The number of nitrogens with two attached hydrogens (primary N) is 1. The minimum Gasteiger partial charge on any atom is -0.486 e. The van der Waals surface area contributed by atoms with Crippen LogP contribution in [0.15, 0.2) is 23.1 Å². The fourth-order valence-electron chi connectivity index (χ4n) is 2.68. The first kappa shape index (κ1) is 15.5. The SMILES string of the molecule is NC1CCN(C(=O)CCSc2ccc3c(c2)OCCO3)CC1. The maximum absolute atomic E-state index is 12.2. The smallest absolute Gasteiger partial charge is 0.223 e. The predicted molar refractivity (Wildman–Crippen MR) is 86.6 cm³/mol. The summed E-state index contributed by atoms with van der Waals surface area (Å²) >= 11 is 1.68. The van der Waals surface area contributed by atoms with E-state index >= 15 is 0 Å². The van der Waals surface area contributed by atoms with Crippen molar-refractivity contribution in [3.05, 3.63) is 18.2 Å². The largest absolute Gasteiger partial charge is 0.486 e. The molecule has 0 atom stereocenters. The average Bonchev–Trinajstić information content (AvgIpc) is 2.55. The zero-order valence-electron chi connectivity index (χ0n) is 12.6. The number of thioether (sulfide) groups is 1. The molecule has 1 aromatic carbocycles. The molecular formula is C16H22N2O3S. The molecule has 0 unspecified atom stereocenters. The van der Waals surface area contributed by atoms with Gasteiger partial charge in [0.1, 0.15) is 13.2 Å². The van der Waals surface area contributed by atoms with Crippen LogP contribution in [-0.2, 0) is 4.79 Å². The highest BCUT2D eigenvalue weighted by molar-refractivity contribution is 7.99. The predicted octanol–water partition coefficient (Wildman–Crippen LogP) is 1.89. The number of fused-ring (bicyclic) bond motifs is 1. The van der Waals surface area contributed by atoms with Gasteiger partial charge < -0.3 is 20.1 Å². The van der Waals surface area contributed by atoms with Gasteiger partial charge in [-0.3, -0.25) is 4.79 Å². The van der Waals surface area contributed by atoms with E-state index in [0.29, 0.717) is 19.6 Å². The molecule has 2 N–H and O–H groups in total. The average molecular weight is 322 g/mol. The first-order chi connectivity index (χ1) is 10.7. The molecule has 5 nitrogen and oxygen atoms in total. The standard InChI is InChI=1S/C16H22N2O3S/c17-12-3-6-18(7-4-12)16(19)5-10-22-13-1-2-14-15(11-13)21-9-8-20-14/h1-2,11-12H,3-10,17H2. The van der Waals surface area contributed by atoms with Gasteiger partial charge in [-0.2, -0.15) is 0 Å². The molecule has 0 radical (unpaired) electrons. The normalized spacial score (nSPS) is 18.3. The minimum atomic E-state index is 0.233. The van der Waals surface area contributed by atoms with Gasteiger partial charge in [-0.25, -0.2) is 0 Å². The van der Waals surface area contributed by atoms with E-state index in [1.165, 1.54) is 0 Å². The van der Waals surface area contributed by atoms with Crippen LogP contribution in [0.5, 0.6) is 11.5 Å². The highest BCUT2D eigenvalue weighted by Gasteiger charge is 2.20. The van der Waals surface area contributed by atoms with Crippen molar-refractivity contribution in [2.45, 2.75) is 30.2 Å². The summed E-state index contributed by atoms with van der Waals surface area (Å²) < 4.78 is 11.1. The summed E-state index contributed by atoms with van der Waals surface area (Å²) in [6.07, 6.45) is 2.40. The summed E-state index contributed by atoms with van der Waals surface area (Å²) in [4.78, 5) is 15.2. The summed E-state index contributed by atoms with van der Waals surface area (Å²) in [6, 6.07) is 6.20. The Kier molecular flexibility index (Phi) is 5.10. The number of piperidine rings is 1. The fourth-order valence-corrected chi connectivity index (χ4v) is 3.54. The van der Waals surface area contributed by atoms with E-state index in [1.807, 2.05) is 23.1 Å². The monoisotopic (exact) mass is 322 g/mol. The quantitative estimate of drug-likeness (QED) is 0.858. The number of carbonyl (C=O) groups excluding carboxylic acids is 1. The van der Waals surface area contributed by atoms with Crippen LogP contribution < -0.4 is 15.2 Å². The number of nitrogens with zero attached hydrogens (tertiary/aromatic N) is 1. The summed E-state index contributed by atoms with van der Waals surface area (Å²) in [5.41, 5.74) is 5.86. The number of benzene rings is 1. The van der Waals surface area contributed by atoms with Crippen LogP contribution in [0.25, 0.3) is 0 Å². The molecule has 0 spiro atoms.